The SMILES string of the molecule is CC.CC1=CC2=C(Cc3ccc(C)cc3CC2)NC1. The van der Waals surface area contributed by atoms with Gasteiger partial charge in [0.25, 0.3) is 0 Å². The van der Waals surface area contributed by atoms with Gasteiger partial charge in [-0.2, -0.15) is 0 Å². The average Bonchev–Trinajstić information content (AvgIpc) is 2.60. The molecule has 0 aromatic heterocycles. The van der Waals surface area contributed by atoms with Crippen LogP contribution in [0.5, 0.6) is 0 Å². The van der Waals surface area contributed by atoms with Gasteiger partial charge in [0.1, 0.15) is 0 Å². The predicted octanol–water partition coefficient (Wildman–Crippen LogP) is 4.31. The molecule has 0 spiro atoms. The second-order valence-electron chi connectivity index (χ2n) is 5.30. The molecule has 1 N–H and O–H groups in total. The number of allylic oxidation sites excluding steroid dienone is 3. The van der Waals surface area contributed by atoms with Gasteiger partial charge in [-0.1, -0.05) is 49.3 Å². The van der Waals surface area contributed by atoms with Gasteiger partial charge in [-0.3, -0.25) is 0 Å². The Labute approximate surface area is 117 Å². The first kappa shape index (κ1) is 13.9. The zero-order valence-corrected chi connectivity index (χ0v) is 12.6. The second-order valence-corrected chi connectivity index (χ2v) is 5.30. The minimum absolute atomic E-state index is 1.01. The Morgan fingerprint density at radius 2 is 1.79 bits per heavy atom. The quantitative estimate of drug-likeness (QED) is 0.728. The zero-order valence-electron chi connectivity index (χ0n) is 12.6. The van der Waals surface area contributed by atoms with Crippen LogP contribution >= 0.6 is 0 Å². The van der Waals surface area contributed by atoms with Crippen LogP contribution in [0.25, 0.3) is 0 Å². The van der Waals surface area contributed by atoms with E-state index < -0.39 is 0 Å². The van der Waals surface area contributed by atoms with Crippen molar-refractivity contribution < 1.29 is 0 Å². The lowest BCUT2D eigenvalue weighted by atomic mass is 10.00. The van der Waals surface area contributed by atoms with Crippen LogP contribution in [0.1, 0.15) is 43.9 Å². The van der Waals surface area contributed by atoms with E-state index in [1.807, 2.05) is 13.8 Å². The fraction of sp³-hybridized carbons (Fsp3) is 0.444. The summed E-state index contributed by atoms with van der Waals surface area (Å²) < 4.78 is 0. The summed E-state index contributed by atoms with van der Waals surface area (Å²) in [6.45, 7) is 9.40. The van der Waals surface area contributed by atoms with E-state index in [9.17, 15) is 0 Å². The number of benzene rings is 1. The summed E-state index contributed by atoms with van der Waals surface area (Å²) in [6, 6.07) is 6.88. The van der Waals surface area contributed by atoms with Crippen LogP contribution < -0.4 is 5.32 Å². The maximum absolute atomic E-state index is 3.58. The summed E-state index contributed by atoms with van der Waals surface area (Å²) in [6.07, 6.45) is 5.82. The molecule has 1 heterocycles. The highest BCUT2D eigenvalue weighted by molar-refractivity contribution is 5.42. The molecule has 0 saturated carbocycles. The van der Waals surface area contributed by atoms with Crippen LogP contribution in [0.2, 0.25) is 0 Å². The van der Waals surface area contributed by atoms with Crippen molar-refractivity contribution >= 4 is 0 Å². The highest BCUT2D eigenvalue weighted by Gasteiger charge is 2.17. The van der Waals surface area contributed by atoms with Crippen molar-refractivity contribution in [2.75, 3.05) is 6.54 Å². The third-order valence-corrected chi connectivity index (χ3v) is 3.78. The van der Waals surface area contributed by atoms with Gasteiger partial charge < -0.3 is 5.32 Å². The normalized spacial score (nSPS) is 17.2. The number of aryl methyl sites for hydroxylation is 2. The van der Waals surface area contributed by atoms with E-state index in [1.54, 1.807) is 0 Å². The van der Waals surface area contributed by atoms with E-state index in [1.165, 1.54) is 46.4 Å². The molecule has 102 valence electrons. The molecule has 1 aromatic rings. The average molecular weight is 255 g/mol. The first-order valence-corrected chi connectivity index (χ1v) is 7.44. The molecule has 0 bridgehead atoms. The van der Waals surface area contributed by atoms with Gasteiger partial charge >= 0.3 is 0 Å². The summed E-state index contributed by atoms with van der Waals surface area (Å²) in [4.78, 5) is 0. The Morgan fingerprint density at radius 3 is 2.58 bits per heavy atom. The number of fused-ring (bicyclic) bond motifs is 1. The smallest absolute Gasteiger partial charge is 0.0357 e. The summed E-state index contributed by atoms with van der Waals surface area (Å²) >= 11 is 0. The molecule has 1 aromatic carbocycles. The molecule has 1 aliphatic carbocycles. The van der Waals surface area contributed by atoms with Crippen LogP contribution in [0, 0.1) is 6.92 Å². The molecular formula is C18H25N. The van der Waals surface area contributed by atoms with Crippen molar-refractivity contribution in [3.63, 3.8) is 0 Å². The molecule has 2 aliphatic rings. The summed E-state index contributed by atoms with van der Waals surface area (Å²) in [5.41, 5.74) is 8.82. The van der Waals surface area contributed by atoms with Crippen LogP contribution in [-0.2, 0) is 12.8 Å². The van der Waals surface area contributed by atoms with E-state index >= 15 is 0 Å². The standard InChI is InChI=1S/C16H19N.C2H6/c1-11-3-4-14-9-16-15(6-5-13(14)7-11)8-12(2)10-17-16;1-2/h3-4,7-8,17H,5-6,9-10H2,1-2H3;1-2H3. The molecule has 1 aliphatic heterocycles. The van der Waals surface area contributed by atoms with Crippen molar-refractivity contribution in [3.8, 4) is 0 Å². The van der Waals surface area contributed by atoms with Gasteiger partial charge in [0.2, 0.25) is 0 Å². The lowest BCUT2D eigenvalue weighted by molar-refractivity contribution is 0.791. The molecular weight excluding hydrogens is 230 g/mol. The van der Waals surface area contributed by atoms with Crippen molar-refractivity contribution in [1.29, 1.82) is 0 Å². The topological polar surface area (TPSA) is 12.0 Å². The summed E-state index contributed by atoms with van der Waals surface area (Å²) in [5, 5.41) is 3.58. The number of hydrogen-bond acceptors (Lipinski definition) is 1. The fourth-order valence-corrected chi connectivity index (χ4v) is 2.81. The minimum atomic E-state index is 1.01. The highest BCUT2D eigenvalue weighted by atomic mass is 14.9. The van der Waals surface area contributed by atoms with Crippen LogP contribution in [0.3, 0.4) is 0 Å². The Kier molecular flexibility index (Phi) is 4.47. The number of rotatable bonds is 0. The van der Waals surface area contributed by atoms with Gasteiger partial charge in [0, 0.05) is 18.7 Å². The zero-order chi connectivity index (χ0) is 13.8. The number of hydrogen-bond donors (Lipinski definition) is 1. The molecule has 0 unspecified atom stereocenters. The van der Waals surface area contributed by atoms with Gasteiger partial charge in [-0.25, -0.2) is 0 Å². The van der Waals surface area contributed by atoms with E-state index in [2.05, 4.69) is 43.4 Å². The largest absolute Gasteiger partial charge is 0.384 e. The van der Waals surface area contributed by atoms with E-state index in [0.29, 0.717) is 0 Å². The molecule has 3 rings (SSSR count). The van der Waals surface area contributed by atoms with Crippen molar-refractivity contribution in [2.45, 2.75) is 47.0 Å². The molecule has 0 atom stereocenters. The molecule has 1 nitrogen and oxygen atoms in total. The molecule has 0 saturated heterocycles. The van der Waals surface area contributed by atoms with Gasteiger partial charge in [-0.05, 0) is 43.4 Å². The van der Waals surface area contributed by atoms with Gasteiger partial charge in [0.05, 0.1) is 0 Å². The van der Waals surface area contributed by atoms with Crippen LogP contribution in [0.15, 0.2) is 41.1 Å². The maximum Gasteiger partial charge on any atom is 0.0357 e. The Bertz CT molecular complexity index is 520. The first-order valence-electron chi connectivity index (χ1n) is 7.44. The Hall–Kier alpha value is -1.50. The monoisotopic (exact) mass is 255 g/mol. The highest BCUT2D eigenvalue weighted by Crippen LogP contribution is 2.27. The second kappa shape index (κ2) is 6.10. The first-order chi connectivity index (χ1) is 9.22. The molecule has 0 radical (unpaired) electrons. The Morgan fingerprint density at radius 1 is 1.00 bits per heavy atom. The van der Waals surface area contributed by atoms with Crippen molar-refractivity contribution in [3.05, 3.63) is 57.8 Å². The van der Waals surface area contributed by atoms with E-state index in [-0.39, 0.29) is 0 Å². The fourth-order valence-electron chi connectivity index (χ4n) is 2.81. The lowest BCUT2D eigenvalue weighted by Gasteiger charge is -2.19. The number of nitrogens with one attached hydrogen (secondary N) is 1. The van der Waals surface area contributed by atoms with E-state index in [4.69, 9.17) is 0 Å². The van der Waals surface area contributed by atoms with Gasteiger partial charge in [-0.15, -0.1) is 0 Å². The van der Waals surface area contributed by atoms with E-state index in [0.717, 1.165) is 13.0 Å². The van der Waals surface area contributed by atoms with Crippen molar-refractivity contribution in [2.24, 2.45) is 0 Å². The predicted molar refractivity (Wildman–Crippen MR) is 83.3 cm³/mol. The van der Waals surface area contributed by atoms with Crippen LogP contribution in [0.4, 0.5) is 0 Å². The molecule has 0 amide bonds. The maximum atomic E-state index is 3.58. The minimum Gasteiger partial charge on any atom is -0.384 e. The third kappa shape index (κ3) is 3.09. The van der Waals surface area contributed by atoms with Gasteiger partial charge in [0.15, 0.2) is 0 Å². The summed E-state index contributed by atoms with van der Waals surface area (Å²) in [5.74, 6) is 0. The van der Waals surface area contributed by atoms with Crippen molar-refractivity contribution in [1.82, 2.24) is 5.32 Å². The van der Waals surface area contributed by atoms with Crippen LogP contribution in [-0.4, -0.2) is 6.54 Å². The Balaban J connectivity index is 0.000000637. The molecule has 0 fully saturated rings. The lowest BCUT2D eigenvalue weighted by Crippen LogP contribution is -2.22. The molecule has 1 heteroatoms. The molecule has 19 heavy (non-hydrogen) atoms. The third-order valence-electron chi connectivity index (χ3n) is 3.78. The number of dihydropyridines is 1. The summed E-state index contributed by atoms with van der Waals surface area (Å²) in [7, 11) is 0.